The van der Waals surface area contributed by atoms with Gasteiger partial charge >= 0.3 is 0 Å². The largest absolute Gasteiger partial charge is 0.491 e. The van der Waals surface area contributed by atoms with Gasteiger partial charge in [0.15, 0.2) is 5.13 Å². The lowest BCUT2D eigenvalue weighted by Gasteiger charge is -2.20. The van der Waals surface area contributed by atoms with E-state index in [1.54, 1.807) is 18.5 Å². The average molecular weight is 480 g/mol. The van der Waals surface area contributed by atoms with E-state index in [2.05, 4.69) is 15.3 Å². The third-order valence-electron chi connectivity index (χ3n) is 5.44. The summed E-state index contributed by atoms with van der Waals surface area (Å²) in [5.74, 6) is -2.17. The molecule has 0 saturated heterocycles. The van der Waals surface area contributed by atoms with E-state index in [4.69, 9.17) is 4.74 Å². The summed E-state index contributed by atoms with van der Waals surface area (Å²) in [5, 5.41) is 5.72. The molecule has 0 amide bonds. The number of ether oxygens (including phenoxy) is 1. The first-order valence-corrected chi connectivity index (χ1v) is 12.0. The topological polar surface area (TPSA) is 47.0 Å². The van der Waals surface area contributed by atoms with Crippen LogP contribution in [-0.2, 0) is 12.3 Å². The van der Waals surface area contributed by atoms with Crippen LogP contribution in [0.2, 0.25) is 0 Å². The van der Waals surface area contributed by atoms with Crippen LogP contribution in [0, 0.1) is 6.92 Å². The molecule has 176 valence electrons. The molecule has 0 saturated carbocycles. The number of halogens is 2. The van der Waals surface area contributed by atoms with Gasteiger partial charge in [-0.2, -0.15) is 0 Å². The van der Waals surface area contributed by atoms with E-state index in [1.165, 1.54) is 17.4 Å². The van der Waals surface area contributed by atoms with E-state index >= 15 is 0 Å². The van der Waals surface area contributed by atoms with Gasteiger partial charge in [0, 0.05) is 41.5 Å². The molecule has 2 heterocycles. The van der Waals surface area contributed by atoms with Gasteiger partial charge in [-0.15, -0.1) is 11.3 Å². The van der Waals surface area contributed by atoms with Gasteiger partial charge in [0.2, 0.25) is 0 Å². The van der Waals surface area contributed by atoms with Crippen LogP contribution in [0.3, 0.4) is 0 Å². The molecule has 0 spiro atoms. The number of aromatic nitrogens is 2. The maximum Gasteiger partial charge on any atom is 0.270 e. The van der Waals surface area contributed by atoms with Gasteiger partial charge in [0.25, 0.3) is 5.92 Å². The highest BCUT2D eigenvalue weighted by molar-refractivity contribution is 7.14. The maximum atomic E-state index is 14.5. The van der Waals surface area contributed by atoms with Gasteiger partial charge < -0.3 is 10.1 Å². The van der Waals surface area contributed by atoms with Gasteiger partial charge in [-0.3, -0.25) is 4.98 Å². The van der Waals surface area contributed by atoms with Crippen LogP contribution in [0.4, 0.5) is 19.6 Å². The summed E-state index contributed by atoms with van der Waals surface area (Å²) in [7, 11) is 0. The van der Waals surface area contributed by atoms with Crippen molar-refractivity contribution in [2.24, 2.45) is 0 Å². The molecule has 0 fully saturated rings. The molecule has 1 N–H and O–H groups in total. The van der Waals surface area contributed by atoms with Gasteiger partial charge in [0.1, 0.15) is 5.75 Å². The molecule has 0 aliphatic rings. The first kappa shape index (κ1) is 23.8. The summed E-state index contributed by atoms with van der Waals surface area (Å²) < 4.78 is 35.0. The van der Waals surface area contributed by atoms with Crippen LogP contribution in [0.5, 0.6) is 5.75 Å². The second-order valence-electron chi connectivity index (χ2n) is 8.45. The fourth-order valence-electron chi connectivity index (χ4n) is 3.72. The lowest BCUT2D eigenvalue weighted by atomic mass is 9.97. The van der Waals surface area contributed by atoms with Crippen LogP contribution in [0.1, 0.15) is 37.0 Å². The SMILES string of the molecule is Cc1cccc(O[C@@H](C)CCc2ccc(Nc3nc(-c4cccnc4)cs3)cc2C(C)(F)F)c1. The molecule has 4 nitrogen and oxygen atoms in total. The Labute approximate surface area is 202 Å². The monoisotopic (exact) mass is 479 g/mol. The molecule has 0 aliphatic carbocycles. The van der Waals surface area contributed by atoms with Crippen molar-refractivity contribution < 1.29 is 13.5 Å². The molecule has 2 aromatic carbocycles. The molecule has 4 rings (SSSR count). The molecule has 34 heavy (non-hydrogen) atoms. The number of nitrogens with zero attached hydrogens (tertiary/aromatic N) is 2. The number of alkyl halides is 2. The maximum absolute atomic E-state index is 14.5. The van der Waals surface area contributed by atoms with Crippen molar-refractivity contribution >= 4 is 22.2 Å². The van der Waals surface area contributed by atoms with Gasteiger partial charge in [0.05, 0.1) is 11.8 Å². The van der Waals surface area contributed by atoms with E-state index in [9.17, 15) is 8.78 Å². The Hall–Kier alpha value is -3.32. The Balaban J connectivity index is 1.45. The molecule has 4 aromatic rings. The van der Waals surface area contributed by atoms with E-state index in [0.717, 1.165) is 29.5 Å². The lowest BCUT2D eigenvalue weighted by Crippen LogP contribution is -2.16. The fraction of sp³-hybridized carbons (Fsp3) is 0.259. The zero-order valence-electron chi connectivity index (χ0n) is 19.4. The zero-order chi connectivity index (χ0) is 24.1. The van der Waals surface area contributed by atoms with Crippen molar-refractivity contribution in [3.05, 3.63) is 89.1 Å². The number of hydrogen-bond donors (Lipinski definition) is 1. The second-order valence-corrected chi connectivity index (χ2v) is 9.31. The van der Waals surface area contributed by atoms with Crippen molar-refractivity contribution in [3.8, 4) is 17.0 Å². The van der Waals surface area contributed by atoms with Crippen LogP contribution >= 0.6 is 11.3 Å². The highest BCUT2D eigenvalue weighted by atomic mass is 32.1. The molecule has 0 radical (unpaired) electrons. The summed E-state index contributed by atoms with van der Waals surface area (Å²) in [6.07, 6.45) is 4.48. The first-order chi connectivity index (χ1) is 16.3. The highest BCUT2D eigenvalue weighted by Gasteiger charge is 2.28. The molecular weight excluding hydrogens is 452 g/mol. The smallest absolute Gasteiger partial charge is 0.270 e. The van der Waals surface area contributed by atoms with Gasteiger partial charge in [-0.25, -0.2) is 13.8 Å². The van der Waals surface area contributed by atoms with Crippen LogP contribution in [0.25, 0.3) is 11.3 Å². The van der Waals surface area contributed by atoms with E-state index in [0.29, 0.717) is 29.2 Å². The van der Waals surface area contributed by atoms with Crippen LogP contribution in [0.15, 0.2) is 72.4 Å². The summed E-state index contributed by atoms with van der Waals surface area (Å²) in [6.45, 7) is 4.91. The third kappa shape index (κ3) is 6.17. The highest BCUT2D eigenvalue weighted by Crippen LogP contribution is 2.34. The number of anilines is 2. The minimum absolute atomic E-state index is 0.0179. The fourth-order valence-corrected chi connectivity index (χ4v) is 4.46. The van der Waals surface area contributed by atoms with Crippen LogP contribution in [-0.4, -0.2) is 16.1 Å². The molecule has 2 aromatic heterocycles. The summed E-state index contributed by atoms with van der Waals surface area (Å²) in [4.78, 5) is 8.67. The van der Waals surface area contributed by atoms with Crippen LogP contribution < -0.4 is 10.1 Å². The average Bonchev–Trinajstić information content (AvgIpc) is 3.27. The number of rotatable bonds is 9. The Bertz CT molecular complexity index is 1240. The Morgan fingerprint density at radius 2 is 1.97 bits per heavy atom. The molecule has 1 atom stereocenters. The molecular formula is C27H27F2N3OS. The van der Waals surface area contributed by atoms with Gasteiger partial charge in [-0.05, 0) is 74.2 Å². The Kier molecular flexibility index (Phi) is 7.22. The van der Waals surface area contributed by atoms with Crippen molar-refractivity contribution in [3.63, 3.8) is 0 Å². The first-order valence-electron chi connectivity index (χ1n) is 11.2. The minimum atomic E-state index is -2.96. The van der Waals surface area contributed by atoms with Crippen molar-refractivity contribution in [2.75, 3.05) is 5.32 Å². The predicted molar refractivity (Wildman–Crippen MR) is 134 cm³/mol. The Morgan fingerprint density at radius 3 is 2.71 bits per heavy atom. The van der Waals surface area contributed by atoms with E-state index in [-0.39, 0.29) is 11.7 Å². The molecule has 0 aliphatic heterocycles. The van der Waals surface area contributed by atoms with Crippen molar-refractivity contribution in [1.29, 1.82) is 0 Å². The number of nitrogens with one attached hydrogen (secondary N) is 1. The summed E-state index contributed by atoms with van der Waals surface area (Å²) in [6, 6.07) is 16.7. The Morgan fingerprint density at radius 1 is 1.12 bits per heavy atom. The molecule has 0 unspecified atom stereocenters. The number of pyridine rings is 1. The van der Waals surface area contributed by atoms with E-state index in [1.807, 2.05) is 61.7 Å². The standard InChI is InChI=1S/C27H27F2N3OS/c1-18-6-4-8-23(14-18)33-19(2)9-10-20-11-12-22(15-24(20)27(3,28)29)31-26-32-25(17-34-26)21-7-5-13-30-16-21/h4-8,11-17,19H,9-10H2,1-3H3,(H,31,32)/t19-/m0/s1. The number of benzene rings is 2. The molecule has 0 bridgehead atoms. The number of thiazole rings is 1. The second kappa shape index (κ2) is 10.3. The quantitative estimate of drug-likeness (QED) is 0.266. The normalized spacial score (nSPS) is 12.4. The third-order valence-corrected chi connectivity index (χ3v) is 6.20. The zero-order valence-corrected chi connectivity index (χ0v) is 20.2. The number of hydrogen-bond acceptors (Lipinski definition) is 5. The number of aryl methyl sites for hydroxylation is 2. The minimum Gasteiger partial charge on any atom is -0.491 e. The lowest BCUT2D eigenvalue weighted by molar-refractivity contribution is 0.0164. The van der Waals surface area contributed by atoms with Crippen molar-refractivity contribution in [1.82, 2.24) is 9.97 Å². The van der Waals surface area contributed by atoms with Gasteiger partial charge in [-0.1, -0.05) is 18.2 Å². The predicted octanol–water partition coefficient (Wildman–Crippen LogP) is 7.77. The molecule has 7 heteroatoms. The summed E-state index contributed by atoms with van der Waals surface area (Å²) >= 11 is 1.42. The van der Waals surface area contributed by atoms with Crippen molar-refractivity contribution in [2.45, 2.75) is 45.6 Å². The van der Waals surface area contributed by atoms with E-state index < -0.39 is 5.92 Å². The summed E-state index contributed by atoms with van der Waals surface area (Å²) in [5.41, 5.74) is 4.04.